The molecule has 30 heavy (non-hydrogen) atoms. The van der Waals surface area contributed by atoms with Crippen molar-refractivity contribution in [2.24, 2.45) is 0 Å². The topological polar surface area (TPSA) is 76.7 Å². The Kier molecular flexibility index (Phi) is 7.11. The van der Waals surface area contributed by atoms with E-state index < -0.39 is 5.91 Å². The molecule has 1 heterocycles. The number of hydrogen-bond donors (Lipinski definition) is 2. The smallest absolute Gasteiger partial charge is 0.272 e. The highest BCUT2D eigenvalue weighted by Crippen LogP contribution is 2.28. The summed E-state index contributed by atoms with van der Waals surface area (Å²) >= 11 is 7.18. The van der Waals surface area contributed by atoms with Crippen molar-refractivity contribution in [2.45, 2.75) is 0 Å². The van der Waals surface area contributed by atoms with E-state index in [1.807, 2.05) is 0 Å². The van der Waals surface area contributed by atoms with Gasteiger partial charge in [0.25, 0.3) is 11.8 Å². The van der Waals surface area contributed by atoms with Crippen LogP contribution in [0.4, 0.5) is 5.69 Å². The average Bonchev–Trinajstić information content (AvgIpc) is 3.30. The first-order valence-corrected chi connectivity index (χ1v) is 10.1. The molecule has 2 N–H and O–H groups in total. The van der Waals surface area contributed by atoms with Crippen LogP contribution in [0.25, 0.3) is 6.08 Å². The van der Waals surface area contributed by atoms with Gasteiger partial charge in [0.15, 0.2) is 11.5 Å². The van der Waals surface area contributed by atoms with Gasteiger partial charge in [0.2, 0.25) is 0 Å². The Bertz CT molecular complexity index is 1060. The van der Waals surface area contributed by atoms with Crippen molar-refractivity contribution in [1.82, 2.24) is 5.32 Å². The van der Waals surface area contributed by atoms with Gasteiger partial charge in [-0.25, -0.2) is 0 Å². The molecule has 6 nitrogen and oxygen atoms in total. The Labute approximate surface area is 183 Å². The number of rotatable bonds is 7. The van der Waals surface area contributed by atoms with Crippen LogP contribution in [0.3, 0.4) is 0 Å². The van der Waals surface area contributed by atoms with Crippen LogP contribution in [0, 0.1) is 0 Å². The number of amides is 2. The van der Waals surface area contributed by atoms with Crippen LogP contribution in [0.2, 0.25) is 5.02 Å². The number of thiophene rings is 1. The quantitative estimate of drug-likeness (QED) is 0.514. The van der Waals surface area contributed by atoms with Crippen molar-refractivity contribution in [3.05, 3.63) is 81.1 Å². The molecule has 0 aliphatic rings. The number of anilines is 1. The van der Waals surface area contributed by atoms with Crippen LogP contribution >= 0.6 is 22.9 Å². The van der Waals surface area contributed by atoms with Crippen molar-refractivity contribution in [1.29, 1.82) is 0 Å². The zero-order valence-corrected chi connectivity index (χ0v) is 17.8. The predicted molar refractivity (Wildman–Crippen MR) is 119 cm³/mol. The lowest BCUT2D eigenvalue weighted by atomic mass is 10.1. The number of methoxy groups -OCH3 is 2. The van der Waals surface area contributed by atoms with E-state index in [1.54, 1.807) is 73.2 Å². The van der Waals surface area contributed by atoms with Crippen LogP contribution in [-0.4, -0.2) is 26.0 Å². The SMILES string of the molecule is COc1ccc(/C=C(/NC(=O)c2cccs2)C(=O)Nc2ccc(Cl)cc2)cc1OC. The summed E-state index contributed by atoms with van der Waals surface area (Å²) in [4.78, 5) is 25.9. The molecule has 0 aliphatic heterocycles. The van der Waals surface area contributed by atoms with Crippen molar-refractivity contribution in [3.8, 4) is 11.5 Å². The number of ether oxygens (including phenoxy) is 2. The summed E-state index contributed by atoms with van der Waals surface area (Å²) in [6, 6.07) is 15.3. The van der Waals surface area contributed by atoms with Crippen LogP contribution < -0.4 is 20.1 Å². The number of halogens is 1. The highest BCUT2D eigenvalue weighted by Gasteiger charge is 2.16. The first-order chi connectivity index (χ1) is 14.5. The molecule has 0 atom stereocenters. The molecule has 0 saturated heterocycles. The van der Waals surface area contributed by atoms with E-state index >= 15 is 0 Å². The molecule has 1 aromatic heterocycles. The largest absolute Gasteiger partial charge is 0.493 e. The van der Waals surface area contributed by atoms with E-state index in [9.17, 15) is 9.59 Å². The summed E-state index contributed by atoms with van der Waals surface area (Å²) < 4.78 is 10.6. The lowest BCUT2D eigenvalue weighted by molar-refractivity contribution is -0.113. The molecule has 0 radical (unpaired) electrons. The predicted octanol–water partition coefficient (Wildman–Crippen LogP) is 4.83. The van der Waals surface area contributed by atoms with Gasteiger partial charge in [-0.2, -0.15) is 0 Å². The fraction of sp³-hybridized carbons (Fsp3) is 0.0909. The first kappa shape index (κ1) is 21.4. The Hall–Kier alpha value is -3.29. The van der Waals surface area contributed by atoms with E-state index in [0.29, 0.717) is 32.6 Å². The molecule has 0 spiro atoms. The van der Waals surface area contributed by atoms with Gasteiger partial charge < -0.3 is 20.1 Å². The molecule has 0 aliphatic carbocycles. The summed E-state index contributed by atoms with van der Waals surface area (Å²) in [6.45, 7) is 0. The highest BCUT2D eigenvalue weighted by molar-refractivity contribution is 7.12. The molecule has 154 valence electrons. The maximum atomic E-state index is 12.9. The standard InChI is InChI=1S/C22H19ClN2O4S/c1-28-18-10-5-14(13-19(18)29-2)12-17(25-22(27)20-4-3-11-30-20)21(26)24-16-8-6-15(23)7-9-16/h3-13H,1-2H3,(H,24,26)(H,25,27)/b17-12+. The average molecular weight is 443 g/mol. The van der Waals surface area contributed by atoms with Gasteiger partial charge >= 0.3 is 0 Å². The number of carbonyl (C=O) groups is 2. The number of nitrogens with one attached hydrogen (secondary N) is 2. The molecular formula is C22H19ClN2O4S. The minimum Gasteiger partial charge on any atom is -0.493 e. The first-order valence-electron chi connectivity index (χ1n) is 8.85. The normalized spacial score (nSPS) is 11.0. The Balaban J connectivity index is 1.91. The zero-order chi connectivity index (χ0) is 21.5. The van der Waals surface area contributed by atoms with Gasteiger partial charge in [0.05, 0.1) is 19.1 Å². The van der Waals surface area contributed by atoms with Gasteiger partial charge in [0.1, 0.15) is 5.70 Å². The molecule has 0 unspecified atom stereocenters. The fourth-order valence-electron chi connectivity index (χ4n) is 2.59. The molecule has 0 bridgehead atoms. The van der Waals surface area contributed by atoms with Gasteiger partial charge in [-0.1, -0.05) is 23.7 Å². The monoisotopic (exact) mass is 442 g/mol. The number of hydrogen-bond acceptors (Lipinski definition) is 5. The molecule has 0 saturated carbocycles. The Morgan fingerprint density at radius 2 is 1.73 bits per heavy atom. The van der Waals surface area contributed by atoms with E-state index in [0.717, 1.165) is 0 Å². The number of benzene rings is 2. The van der Waals surface area contributed by atoms with E-state index in [-0.39, 0.29) is 11.6 Å². The van der Waals surface area contributed by atoms with Crippen molar-refractivity contribution < 1.29 is 19.1 Å². The third-order valence-electron chi connectivity index (χ3n) is 4.06. The minimum absolute atomic E-state index is 0.0792. The van der Waals surface area contributed by atoms with Crippen LogP contribution in [0.1, 0.15) is 15.2 Å². The minimum atomic E-state index is -0.475. The molecule has 3 rings (SSSR count). The maximum absolute atomic E-state index is 12.9. The molecule has 8 heteroatoms. The van der Waals surface area contributed by atoms with Crippen LogP contribution in [0.5, 0.6) is 11.5 Å². The van der Waals surface area contributed by atoms with Crippen molar-refractivity contribution in [2.75, 3.05) is 19.5 Å². The van der Waals surface area contributed by atoms with Gasteiger partial charge in [-0.3, -0.25) is 9.59 Å². The third-order valence-corrected chi connectivity index (χ3v) is 5.18. The van der Waals surface area contributed by atoms with E-state index in [1.165, 1.54) is 18.4 Å². The van der Waals surface area contributed by atoms with Crippen molar-refractivity contribution >= 4 is 46.5 Å². The van der Waals surface area contributed by atoms with Crippen LogP contribution in [-0.2, 0) is 4.79 Å². The fourth-order valence-corrected chi connectivity index (χ4v) is 3.34. The molecule has 0 fully saturated rings. The summed E-state index contributed by atoms with van der Waals surface area (Å²) in [6.07, 6.45) is 1.57. The Morgan fingerprint density at radius 3 is 2.37 bits per heavy atom. The van der Waals surface area contributed by atoms with E-state index in [4.69, 9.17) is 21.1 Å². The maximum Gasteiger partial charge on any atom is 0.272 e. The zero-order valence-electron chi connectivity index (χ0n) is 16.3. The van der Waals surface area contributed by atoms with E-state index in [2.05, 4.69) is 10.6 Å². The molecular weight excluding hydrogens is 424 g/mol. The summed E-state index contributed by atoms with van der Waals surface area (Å²) in [7, 11) is 3.07. The van der Waals surface area contributed by atoms with Gasteiger partial charge in [-0.15, -0.1) is 11.3 Å². The second kappa shape index (κ2) is 9.96. The summed E-state index contributed by atoms with van der Waals surface area (Å²) in [5, 5.41) is 7.79. The van der Waals surface area contributed by atoms with Crippen molar-refractivity contribution in [3.63, 3.8) is 0 Å². The second-order valence-corrected chi connectivity index (χ2v) is 7.45. The van der Waals surface area contributed by atoms with Gasteiger partial charge in [0, 0.05) is 10.7 Å². The number of carbonyl (C=O) groups excluding carboxylic acids is 2. The lowest BCUT2D eigenvalue weighted by Gasteiger charge is -2.12. The molecule has 3 aromatic rings. The van der Waals surface area contributed by atoms with Gasteiger partial charge in [-0.05, 0) is 59.5 Å². The third kappa shape index (κ3) is 5.40. The second-order valence-electron chi connectivity index (χ2n) is 6.06. The highest BCUT2D eigenvalue weighted by atomic mass is 35.5. The summed E-state index contributed by atoms with van der Waals surface area (Å²) in [5.41, 5.74) is 1.28. The molecule has 2 amide bonds. The lowest BCUT2D eigenvalue weighted by Crippen LogP contribution is -2.30. The summed E-state index contributed by atoms with van der Waals surface area (Å²) in [5.74, 6) is 0.220. The van der Waals surface area contributed by atoms with Crippen LogP contribution in [0.15, 0.2) is 65.7 Å². The molecule has 2 aromatic carbocycles. The Morgan fingerprint density at radius 1 is 1.00 bits per heavy atom.